The molecule has 3 heterocycles. The van der Waals surface area contributed by atoms with Gasteiger partial charge in [0.25, 0.3) is 5.91 Å². The molecular formula is C40H48N4O8S. The molecule has 0 aromatic heterocycles. The molecule has 5 aliphatic rings. The van der Waals surface area contributed by atoms with Crippen molar-refractivity contribution in [2.24, 2.45) is 5.92 Å². The standard InChI is InChI=1S/C40H48N4O8S/c1-37(2,3)52-36(48)41-30-15-9-7-5-6-8-13-27-18-21-40(27,35(47)43-53(49,50)38(4)22-23-38)42-33(45)31-24-39(25-44(31)34(30)46)20-19-29-28-14-11-10-12-26(28)16-17-32(29)51-39/h8,10-14,16-17,27,30-31H,5-7,9,15,19-20,22-25H2,1-4H3,(H,41,48)(H,42,45)(H,43,47)/b13-8-/t27-,30+,31+,39-,40-/m1/s1. The Morgan fingerprint density at radius 1 is 1.06 bits per heavy atom. The minimum Gasteiger partial charge on any atom is -0.485 e. The molecule has 53 heavy (non-hydrogen) atoms. The average Bonchev–Trinajstić information content (AvgIpc) is 3.75. The summed E-state index contributed by atoms with van der Waals surface area (Å²) in [5.41, 5.74) is -2.56. The van der Waals surface area contributed by atoms with E-state index in [-0.39, 0.29) is 13.0 Å². The third-order valence-electron chi connectivity index (χ3n) is 11.2. The number of fused-ring (bicyclic) bond motifs is 5. The van der Waals surface area contributed by atoms with Crippen molar-refractivity contribution in [3.63, 3.8) is 0 Å². The summed E-state index contributed by atoms with van der Waals surface area (Å²) in [4.78, 5) is 57.8. The van der Waals surface area contributed by atoms with Crippen molar-refractivity contribution in [3.05, 3.63) is 54.1 Å². The quantitative estimate of drug-likeness (QED) is 0.307. The Hall–Kier alpha value is -4.57. The lowest BCUT2D eigenvalue weighted by Gasteiger charge is -2.38. The van der Waals surface area contributed by atoms with Gasteiger partial charge in [0.2, 0.25) is 21.8 Å². The average molecular weight is 745 g/mol. The first-order chi connectivity index (χ1) is 25.0. The summed E-state index contributed by atoms with van der Waals surface area (Å²) >= 11 is 0. The van der Waals surface area contributed by atoms with E-state index in [1.807, 2.05) is 36.4 Å². The molecule has 2 fully saturated rings. The lowest BCUT2D eigenvalue weighted by molar-refractivity contribution is -0.142. The highest BCUT2D eigenvalue weighted by molar-refractivity contribution is 7.91. The molecule has 5 atom stereocenters. The van der Waals surface area contributed by atoms with Crippen molar-refractivity contribution >= 4 is 44.6 Å². The number of amides is 4. The van der Waals surface area contributed by atoms with Gasteiger partial charge < -0.3 is 25.0 Å². The summed E-state index contributed by atoms with van der Waals surface area (Å²) in [6.07, 6.45) is 8.11. The van der Waals surface area contributed by atoms with Gasteiger partial charge in [0.1, 0.15) is 29.0 Å². The number of aryl methyl sites for hydroxylation is 1. The molecule has 4 amide bonds. The summed E-state index contributed by atoms with van der Waals surface area (Å²) in [6, 6.07) is 9.86. The zero-order valence-corrected chi connectivity index (χ0v) is 31.6. The van der Waals surface area contributed by atoms with Crippen LogP contribution in [0.4, 0.5) is 4.79 Å². The minimum atomic E-state index is -4.05. The Morgan fingerprint density at radius 2 is 1.83 bits per heavy atom. The van der Waals surface area contributed by atoms with E-state index in [0.717, 1.165) is 29.2 Å². The number of nitrogens with zero attached hydrogens (tertiary/aromatic N) is 1. The Kier molecular flexibility index (Phi) is 9.28. The number of ether oxygens (including phenoxy) is 2. The zero-order valence-electron chi connectivity index (χ0n) is 30.8. The van der Waals surface area contributed by atoms with Crippen LogP contribution in [0.1, 0.15) is 91.0 Å². The molecule has 3 N–H and O–H groups in total. The van der Waals surface area contributed by atoms with Crippen LogP contribution in [0.3, 0.4) is 0 Å². The highest BCUT2D eigenvalue weighted by atomic mass is 32.2. The fraction of sp³-hybridized carbons (Fsp3) is 0.550. The first kappa shape index (κ1) is 36.8. The Balaban J connectivity index is 1.24. The molecule has 2 aromatic rings. The zero-order chi connectivity index (χ0) is 37.8. The van der Waals surface area contributed by atoms with Crippen molar-refractivity contribution in [3.8, 4) is 17.6 Å². The van der Waals surface area contributed by atoms with Crippen LogP contribution in [0, 0.1) is 17.8 Å². The normalized spacial score (nSPS) is 30.0. The van der Waals surface area contributed by atoms with Gasteiger partial charge in [-0.25, -0.2) is 17.9 Å². The third kappa shape index (κ3) is 7.10. The smallest absolute Gasteiger partial charge is 0.408 e. The monoisotopic (exact) mass is 744 g/mol. The lowest BCUT2D eigenvalue weighted by Crippen LogP contribution is -2.68. The minimum absolute atomic E-state index is 0.0592. The van der Waals surface area contributed by atoms with Crippen LogP contribution in [0.2, 0.25) is 0 Å². The molecule has 0 bridgehead atoms. The summed E-state index contributed by atoms with van der Waals surface area (Å²) in [5, 5.41) is 7.78. The van der Waals surface area contributed by atoms with E-state index in [1.165, 1.54) is 4.90 Å². The van der Waals surface area contributed by atoms with Crippen LogP contribution >= 0.6 is 0 Å². The van der Waals surface area contributed by atoms with Crippen molar-refractivity contribution in [2.75, 3.05) is 6.54 Å². The Bertz CT molecular complexity index is 2060. The number of carbonyl (C=O) groups is 4. The fourth-order valence-corrected chi connectivity index (χ4v) is 9.10. The molecule has 12 nitrogen and oxygen atoms in total. The number of nitrogens with one attached hydrogen (secondary N) is 3. The van der Waals surface area contributed by atoms with Crippen LogP contribution in [-0.4, -0.2) is 77.2 Å². The van der Waals surface area contributed by atoms with Gasteiger partial charge >= 0.3 is 6.09 Å². The Morgan fingerprint density at radius 3 is 2.55 bits per heavy atom. The predicted molar refractivity (Wildman–Crippen MR) is 198 cm³/mol. The molecule has 0 radical (unpaired) electrons. The van der Waals surface area contributed by atoms with E-state index in [0.29, 0.717) is 50.7 Å². The second kappa shape index (κ2) is 13.4. The maximum atomic E-state index is 14.7. The molecule has 0 unspecified atom stereocenters. The molecule has 2 aromatic carbocycles. The largest absolute Gasteiger partial charge is 0.485 e. The number of alkyl carbamates (subject to hydrolysis) is 1. The molecular weight excluding hydrogens is 697 g/mol. The summed E-state index contributed by atoms with van der Waals surface area (Å²) in [5.74, 6) is 3.59. The summed E-state index contributed by atoms with van der Waals surface area (Å²) < 4.78 is 39.9. The number of benzene rings is 2. The van der Waals surface area contributed by atoms with E-state index in [2.05, 4.69) is 33.3 Å². The number of carbonyl (C=O) groups excluding carboxylic acids is 4. The van der Waals surface area contributed by atoms with Gasteiger partial charge in [-0.2, -0.15) is 0 Å². The number of rotatable bonds is 4. The molecule has 1 saturated carbocycles. The van der Waals surface area contributed by atoms with Crippen molar-refractivity contribution < 1.29 is 37.1 Å². The van der Waals surface area contributed by atoms with Crippen LogP contribution in [0.25, 0.3) is 10.8 Å². The topological polar surface area (TPSA) is 160 Å². The third-order valence-corrected chi connectivity index (χ3v) is 13.4. The maximum Gasteiger partial charge on any atom is 0.408 e. The van der Waals surface area contributed by atoms with E-state index in [4.69, 9.17) is 9.47 Å². The highest BCUT2D eigenvalue weighted by Crippen LogP contribution is 2.45. The molecule has 1 spiro atoms. The lowest BCUT2D eigenvalue weighted by atomic mass is 9.75. The van der Waals surface area contributed by atoms with E-state index >= 15 is 0 Å². The van der Waals surface area contributed by atoms with Crippen LogP contribution in [0.15, 0.2) is 48.6 Å². The molecule has 282 valence electrons. The van der Waals surface area contributed by atoms with Crippen molar-refractivity contribution in [1.29, 1.82) is 0 Å². The van der Waals surface area contributed by atoms with E-state index in [9.17, 15) is 27.6 Å². The number of sulfonamides is 1. The van der Waals surface area contributed by atoms with Gasteiger partial charge in [0, 0.05) is 12.0 Å². The van der Waals surface area contributed by atoms with Crippen molar-refractivity contribution in [2.45, 2.75) is 125 Å². The number of allylic oxidation sites excluding steroid dienone is 1. The second-order valence-corrected chi connectivity index (χ2v) is 18.6. The molecule has 1 saturated heterocycles. The number of hydrogen-bond donors (Lipinski definition) is 3. The van der Waals surface area contributed by atoms with Gasteiger partial charge in [0.05, 0.1) is 17.2 Å². The van der Waals surface area contributed by atoms with Gasteiger partial charge in [-0.15, -0.1) is 0 Å². The maximum absolute atomic E-state index is 14.7. The molecule has 2 aliphatic carbocycles. The first-order valence-electron chi connectivity index (χ1n) is 18.6. The first-order valence-corrected chi connectivity index (χ1v) is 20.1. The summed E-state index contributed by atoms with van der Waals surface area (Å²) in [7, 11) is -4.05. The fourth-order valence-electron chi connectivity index (χ4n) is 7.81. The SMILES string of the molecule is CC(C)(C)OC(=O)N[C@H]1CCCCC/C=C\[C@@H]2C#C[C@@]2(C(=O)NS(=O)(=O)C2(C)CC2)NC(=O)[C@@H]2C[C@]3(CCc4c(ccc5ccccc45)O3)CN2C1=O. The molecule has 13 heteroatoms. The van der Waals surface area contributed by atoms with Crippen LogP contribution in [-0.2, 0) is 35.6 Å². The molecule has 3 aliphatic heterocycles. The van der Waals surface area contributed by atoms with Crippen molar-refractivity contribution in [1.82, 2.24) is 20.3 Å². The second-order valence-electron chi connectivity index (χ2n) is 16.4. The summed E-state index contributed by atoms with van der Waals surface area (Å²) in [6.45, 7) is 6.85. The number of hydrogen-bond acceptors (Lipinski definition) is 8. The van der Waals surface area contributed by atoms with E-state index < -0.39 is 73.3 Å². The van der Waals surface area contributed by atoms with E-state index in [1.54, 1.807) is 33.8 Å². The predicted octanol–water partition coefficient (Wildman–Crippen LogP) is 4.40. The van der Waals surface area contributed by atoms with Gasteiger partial charge in [0.15, 0.2) is 5.54 Å². The molecule has 7 rings (SSSR count). The van der Waals surface area contributed by atoms with Gasteiger partial charge in [-0.3, -0.25) is 14.4 Å². The van der Waals surface area contributed by atoms with Gasteiger partial charge in [-0.1, -0.05) is 67.2 Å². The van der Waals surface area contributed by atoms with Crippen LogP contribution in [0.5, 0.6) is 5.75 Å². The van der Waals surface area contributed by atoms with Crippen LogP contribution < -0.4 is 20.1 Å². The highest BCUT2D eigenvalue weighted by Gasteiger charge is 2.58. The Labute approximate surface area is 310 Å². The van der Waals surface area contributed by atoms with Gasteiger partial charge in [-0.05, 0) is 89.5 Å².